The van der Waals surface area contributed by atoms with Gasteiger partial charge in [-0.2, -0.15) is 0 Å². The standard InChI is InChI=1S/C15H19FO2/c16-14-9-11(6-7-15(14)18)8-13(10-17)12-4-2-1-3-5-12/h6-9,12,17-18H,1-5,10H2/b13-8-. The number of phenolic OH excluding ortho intramolecular Hbond substituents is 1. The molecule has 0 bridgehead atoms. The Bertz CT molecular complexity index is 434. The lowest BCUT2D eigenvalue weighted by Gasteiger charge is -2.23. The van der Waals surface area contributed by atoms with Crippen molar-refractivity contribution in [2.75, 3.05) is 6.61 Å². The number of aromatic hydroxyl groups is 1. The number of aliphatic hydroxyl groups is 1. The molecule has 0 aliphatic heterocycles. The molecule has 0 radical (unpaired) electrons. The van der Waals surface area contributed by atoms with E-state index in [1.165, 1.54) is 31.4 Å². The van der Waals surface area contributed by atoms with E-state index in [1.807, 2.05) is 6.08 Å². The van der Waals surface area contributed by atoms with E-state index in [4.69, 9.17) is 5.11 Å². The molecule has 2 rings (SSSR count). The highest BCUT2D eigenvalue weighted by atomic mass is 19.1. The smallest absolute Gasteiger partial charge is 0.165 e. The molecule has 1 aromatic rings. The van der Waals surface area contributed by atoms with Crippen LogP contribution in [0.3, 0.4) is 0 Å². The zero-order chi connectivity index (χ0) is 13.0. The van der Waals surface area contributed by atoms with Crippen LogP contribution in [-0.4, -0.2) is 16.8 Å². The van der Waals surface area contributed by atoms with Gasteiger partial charge in [-0.25, -0.2) is 4.39 Å². The van der Waals surface area contributed by atoms with Gasteiger partial charge >= 0.3 is 0 Å². The number of hydrogen-bond acceptors (Lipinski definition) is 2. The van der Waals surface area contributed by atoms with Crippen molar-refractivity contribution in [2.45, 2.75) is 32.1 Å². The maximum Gasteiger partial charge on any atom is 0.165 e. The highest BCUT2D eigenvalue weighted by Crippen LogP contribution is 2.31. The highest BCUT2D eigenvalue weighted by molar-refractivity contribution is 5.55. The molecule has 0 heterocycles. The van der Waals surface area contributed by atoms with Crippen molar-refractivity contribution in [3.63, 3.8) is 0 Å². The van der Waals surface area contributed by atoms with Crippen LogP contribution < -0.4 is 0 Å². The predicted molar refractivity (Wildman–Crippen MR) is 69.7 cm³/mol. The lowest BCUT2D eigenvalue weighted by Crippen LogP contribution is -2.11. The molecule has 18 heavy (non-hydrogen) atoms. The van der Waals surface area contributed by atoms with E-state index in [0.717, 1.165) is 18.4 Å². The summed E-state index contributed by atoms with van der Waals surface area (Å²) < 4.78 is 13.2. The summed E-state index contributed by atoms with van der Waals surface area (Å²) in [6, 6.07) is 4.31. The topological polar surface area (TPSA) is 40.5 Å². The van der Waals surface area contributed by atoms with Crippen molar-refractivity contribution in [3.05, 3.63) is 35.2 Å². The number of aliphatic hydroxyl groups excluding tert-OH is 1. The number of halogens is 1. The normalized spacial score (nSPS) is 18.0. The highest BCUT2D eigenvalue weighted by Gasteiger charge is 2.17. The molecule has 0 atom stereocenters. The minimum atomic E-state index is -0.621. The summed E-state index contributed by atoms with van der Waals surface area (Å²) in [6.07, 6.45) is 7.72. The Kier molecular flexibility index (Phi) is 4.37. The average Bonchev–Trinajstić information content (AvgIpc) is 2.41. The molecule has 2 N–H and O–H groups in total. The molecular weight excluding hydrogens is 231 g/mol. The zero-order valence-electron chi connectivity index (χ0n) is 10.4. The van der Waals surface area contributed by atoms with Crippen LogP contribution in [0.15, 0.2) is 23.8 Å². The van der Waals surface area contributed by atoms with Gasteiger partial charge in [-0.05, 0) is 42.0 Å². The van der Waals surface area contributed by atoms with Crippen LogP contribution in [0.4, 0.5) is 4.39 Å². The van der Waals surface area contributed by atoms with Crippen LogP contribution in [-0.2, 0) is 0 Å². The van der Waals surface area contributed by atoms with Gasteiger partial charge in [0.15, 0.2) is 11.6 Å². The van der Waals surface area contributed by atoms with Crippen molar-refractivity contribution < 1.29 is 14.6 Å². The summed E-state index contributed by atoms with van der Waals surface area (Å²) >= 11 is 0. The predicted octanol–water partition coefficient (Wildman–Crippen LogP) is 3.49. The molecule has 0 unspecified atom stereocenters. The van der Waals surface area contributed by atoms with Gasteiger partial charge in [0.05, 0.1) is 6.61 Å². The molecule has 1 aromatic carbocycles. The minimum Gasteiger partial charge on any atom is -0.505 e. The van der Waals surface area contributed by atoms with Crippen molar-refractivity contribution >= 4 is 6.08 Å². The van der Waals surface area contributed by atoms with E-state index < -0.39 is 5.82 Å². The Morgan fingerprint density at radius 1 is 1.28 bits per heavy atom. The summed E-state index contributed by atoms with van der Waals surface area (Å²) in [5.41, 5.74) is 1.67. The lowest BCUT2D eigenvalue weighted by atomic mass is 9.83. The maximum absolute atomic E-state index is 13.2. The molecular formula is C15H19FO2. The van der Waals surface area contributed by atoms with Crippen LogP contribution in [0, 0.1) is 11.7 Å². The minimum absolute atomic E-state index is 0.0210. The fourth-order valence-electron chi connectivity index (χ4n) is 2.59. The monoisotopic (exact) mass is 250 g/mol. The summed E-state index contributed by atoms with van der Waals surface area (Å²) in [7, 11) is 0. The Morgan fingerprint density at radius 2 is 2.00 bits per heavy atom. The van der Waals surface area contributed by atoms with Gasteiger partial charge in [0.25, 0.3) is 0 Å². The first-order valence-electron chi connectivity index (χ1n) is 6.50. The fraction of sp³-hybridized carbons (Fsp3) is 0.467. The molecule has 3 heteroatoms. The van der Waals surface area contributed by atoms with Crippen LogP contribution in [0.1, 0.15) is 37.7 Å². The van der Waals surface area contributed by atoms with Crippen molar-refractivity contribution in [1.82, 2.24) is 0 Å². The summed E-state index contributed by atoms with van der Waals surface area (Å²) in [5.74, 6) is -0.541. The van der Waals surface area contributed by atoms with E-state index in [2.05, 4.69) is 0 Å². The van der Waals surface area contributed by atoms with Gasteiger partial charge in [-0.15, -0.1) is 0 Å². The summed E-state index contributed by atoms with van der Waals surface area (Å²) in [6.45, 7) is 0.0210. The van der Waals surface area contributed by atoms with Gasteiger partial charge in [0.1, 0.15) is 0 Å². The molecule has 1 aliphatic rings. The number of hydrogen-bond donors (Lipinski definition) is 2. The van der Waals surface area contributed by atoms with Crippen LogP contribution >= 0.6 is 0 Å². The lowest BCUT2D eigenvalue weighted by molar-refractivity contribution is 0.295. The molecule has 0 aromatic heterocycles. The Balaban J connectivity index is 2.19. The second-order valence-electron chi connectivity index (χ2n) is 4.92. The summed E-state index contributed by atoms with van der Waals surface area (Å²) in [4.78, 5) is 0. The quantitative estimate of drug-likeness (QED) is 0.862. The van der Waals surface area contributed by atoms with E-state index >= 15 is 0 Å². The van der Waals surface area contributed by atoms with Gasteiger partial charge in [0.2, 0.25) is 0 Å². The number of rotatable bonds is 3. The van der Waals surface area contributed by atoms with Crippen molar-refractivity contribution in [3.8, 4) is 5.75 Å². The Hall–Kier alpha value is -1.35. The third-order valence-corrected chi connectivity index (χ3v) is 3.64. The second-order valence-corrected chi connectivity index (χ2v) is 4.92. The third kappa shape index (κ3) is 3.10. The maximum atomic E-state index is 13.2. The molecule has 1 saturated carbocycles. The molecule has 98 valence electrons. The van der Waals surface area contributed by atoms with Gasteiger partial charge < -0.3 is 10.2 Å². The molecule has 0 amide bonds. The zero-order valence-corrected chi connectivity index (χ0v) is 10.4. The van der Waals surface area contributed by atoms with Gasteiger partial charge in [-0.3, -0.25) is 0 Å². The third-order valence-electron chi connectivity index (χ3n) is 3.64. The number of phenols is 1. The summed E-state index contributed by atoms with van der Waals surface area (Å²) in [5, 5.41) is 18.6. The van der Waals surface area contributed by atoms with Crippen molar-refractivity contribution in [2.24, 2.45) is 5.92 Å². The van der Waals surface area contributed by atoms with Crippen LogP contribution in [0.2, 0.25) is 0 Å². The molecule has 1 fully saturated rings. The van der Waals surface area contributed by atoms with E-state index in [0.29, 0.717) is 11.5 Å². The van der Waals surface area contributed by atoms with Gasteiger partial charge in [0, 0.05) is 0 Å². The first-order valence-corrected chi connectivity index (χ1v) is 6.50. The van der Waals surface area contributed by atoms with E-state index in [9.17, 15) is 9.50 Å². The SMILES string of the molecule is OC/C(=C/c1ccc(O)c(F)c1)C1CCCCC1. The molecule has 2 nitrogen and oxygen atoms in total. The van der Waals surface area contributed by atoms with Crippen LogP contribution in [0.5, 0.6) is 5.75 Å². The molecule has 0 saturated heterocycles. The van der Waals surface area contributed by atoms with E-state index in [1.54, 1.807) is 6.07 Å². The largest absolute Gasteiger partial charge is 0.505 e. The number of benzene rings is 1. The molecule has 0 spiro atoms. The molecule has 1 aliphatic carbocycles. The van der Waals surface area contributed by atoms with Crippen molar-refractivity contribution in [1.29, 1.82) is 0 Å². The second kappa shape index (κ2) is 6.01. The first kappa shape index (κ1) is 13.1. The van der Waals surface area contributed by atoms with E-state index in [-0.39, 0.29) is 12.4 Å². The Labute approximate surface area is 107 Å². The Morgan fingerprint density at radius 3 is 2.61 bits per heavy atom. The first-order chi connectivity index (χ1) is 8.70. The average molecular weight is 250 g/mol. The van der Waals surface area contributed by atoms with Gasteiger partial charge in [-0.1, -0.05) is 31.4 Å². The fourth-order valence-corrected chi connectivity index (χ4v) is 2.59. The van der Waals surface area contributed by atoms with Crippen LogP contribution in [0.25, 0.3) is 6.08 Å².